The highest BCUT2D eigenvalue weighted by Gasteiger charge is 2.35. The Morgan fingerprint density at radius 2 is 1.57 bits per heavy atom. The summed E-state index contributed by atoms with van der Waals surface area (Å²) in [6.07, 6.45) is 0.748. The molecule has 1 aliphatic rings. The molecule has 5 nitrogen and oxygen atoms in total. The van der Waals surface area contributed by atoms with Crippen molar-refractivity contribution in [2.45, 2.75) is 32.9 Å². The van der Waals surface area contributed by atoms with Crippen molar-refractivity contribution in [1.29, 1.82) is 0 Å². The van der Waals surface area contributed by atoms with E-state index in [-0.39, 0.29) is 24.3 Å². The van der Waals surface area contributed by atoms with E-state index in [9.17, 15) is 14.4 Å². The minimum Gasteiger partial charge on any atom is -0.332 e. The van der Waals surface area contributed by atoms with E-state index in [4.69, 9.17) is 0 Å². The summed E-state index contributed by atoms with van der Waals surface area (Å²) >= 11 is 3.26. The Morgan fingerprint density at radius 1 is 0.933 bits per heavy atom. The standard InChI is InChI=1S/C23H22N2O3S2/c1-16-8-9-19-20(13-16)23(28)25(22(19)27)10-2-7-21(26)24(14-17-5-3-11-29-17)15-18-6-4-12-30-18/h3-6,8-9,11-13H,2,7,10,14-15H2,1H3. The molecule has 0 unspecified atom stereocenters. The molecular formula is C23H22N2O3S2. The zero-order valence-corrected chi connectivity index (χ0v) is 18.3. The van der Waals surface area contributed by atoms with E-state index >= 15 is 0 Å². The Bertz CT molecular complexity index is 1020. The molecule has 3 aromatic rings. The lowest BCUT2D eigenvalue weighted by molar-refractivity contribution is -0.132. The van der Waals surface area contributed by atoms with Crippen LogP contribution in [0, 0.1) is 6.92 Å². The first-order valence-electron chi connectivity index (χ1n) is 9.82. The van der Waals surface area contributed by atoms with Gasteiger partial charge in [0.1, 0.15) is 0 Å². The van der Waals surface area contributed by atoms with E-state index in [1.54, 1.807) is 34.8 Å². The van der Waals surface area contributed by atoms with Gasteiger partial charge in [-0.1, -0.05) is 23.8 Å². The van der Waals surface area contributed by atoms with Gasteiger partial charge in [-0.3, -0.25) is 19.3 Å². The number of carbonyl (C=O) groups excluding carboxylic acids is 3. The number of imide groups is 1. The van der Waals surface area contributed by atoms with E-state index in [1.807, 2.05) is 52.9 Å². The van der Waals surface area contributed by atoms with Crippen LogP contribution in [0.4, 0.5) is 0 Å². The van der Waals surface area contributed by atoms with Crippen molar-refractivity contribution in [3.63, 3.8) is 0 Å². The Labute approximate surface area is 183 Å². The summed E-state index contributed by atoms with van der Waals surface area (Å²) in [5.74, 6) is -0.499. The van der Waals surface area contributed by atoms with Gasteiger partial charge in [0.05, 0.1) is 24.2 Å². The van der Waals surface area contributed by atoms with Gasteiger partial charge in [0.15, 0.2) is 0 Å². The Balaban J connectivity index is 1.37. The van der Waals surface area contributed by atoms with Gasteiger partial charge in [0, 0.05) is 22.7 Å². The van der Waals surface area contributed by atoms with Gasteiger partial charge in [0.2, 0.25) is 5.91 Å². The quantitative estimate of drug-likeness (QED) is 0.478. The molecule has 0 saturated heterocycles. The van der Waals surface area contributed by atoms with Crippen LogP contribution in [-0.4, -0.2) is 34.1 Å². The summed E-state index contributed by atoms with van der Waals surface area (Å²) in [6.45, 7) is 3.29. The van der Waals surface area contributed by atoms with Crippen LogP contribution in [0.3, 0.4) is 0 Å². The number of carbonyl (C=O) groups is 3. The van der Waals surface area contributed by atoms with Gasteiger partial charge < -0.3 is 4.90 Å². The predicted octanol–water partition coefficient (Wildman–Crippen LogP) is 4.72. The second-order valence-electron chi connectivity index (χ2n) is 7.32. The van der Waals surface area contributed by atoms with E-state index in [0.717, 1.165) is 15.3 Å². The predicted molar refractivity (Wildman–Crippen MR) is 119 cm³/mol. The molecule has 1 aromatic carbocycles. The molecule has 30 heavy (non-hydrogen) atoms. The molecule has 4 rings (SSSR count). The summed E-state index contributed by atoms with van der Waals surface area (Å²) in [5, 5.41) is 4.01. The van der Waals surface area contributed by atoms with Gasteiger partial charge in [-0.15, -0.1) is 22.7 Å². The number of hydrogen-bond acceptors (Lipinski definition) is 5. The SMILES string of the molecule is Cc1ccc2c(c1)C(=O)N(CCCC(=O)N(Cc1cccs1)Cc1cccs1)C2=O. The monoisotopic (exact) mass is 438 g/mol. The summed E-state index contributed by atoms with van der Waals surface area (Å²) in [6, 6.07) is 13.3. The zero-order valence-electron chi connectivity index (χ0n) is 16.7. The maximum Gasteiger partial charge on any atom is 0.261 e. The summed E-state index contributed by atoms with van der Waals surface area (Å²) in [4.78, 5) is 43.5. The number of benzene rings is 1. The van der Waals surface area contributed by atoms with Crippen LogP contribution in [-0.2, 0) is 17.9 Å². The average Bonchev–Trinajstić information content (AvgIpc) is 3.47. The van der Waals surface area contributed by atoms with Crippen molar-refractivity contribution >= 4 is 40.4 Å². The molecule has 0 saturated carbocycles. The number of nitrogens with zero attached hydrogens (tertiary/aromatic N) is 2. The first-order chi connectivity index (χ1) is 14.5. The van der Waals surface area contributed by atoms with Crippen LogP contribution in [0.5, 0.6) is 0 Å². The average molecular weight is 439 g/mol. The fourth-order valence-electron chi connectivity index (χ4n) is 3.57. The normalized spacial score (nSPS) is 13.0. The summed E-state index contributed by atoms with van der Waals surface area (Å²) in [5.41, 5.74) is 1.86. The van der Waals surface area contributed by atoms with Crippen molar-refractivity contribution in [1.82, 2.24) is 9.80 Å². The van der Waals surface area contributed by atoms with Gasteiger partial charge in [-0.2, -0.15) is 0 Å². The molecule has 0 fully saturated rings. The van der Waals surface area contributed by atoms with E-state index in [2.05, 4.69) is 0 Å². The van der Waals surface area contributed by atoms with Crippen LogP contribution in [0.2, 0.25) is 0 Å². The highest BCUT2D eigenvalue weighted by molar-refractivity contribution is 7.10. The van der Waals surface area contributed by atoms with Crippen molar-refractivity contribution in [3.8, 4) is 0 Å². The van der Waals surface area contributed by atoms with Crippen molar-refractivity contribution in [2.24, 2.45) is 0 Å². The van der Waals surface area contributed by atoms with Crippen molar-refractivity contribution in [2.75, 3.05) is 6.54 Å². The first-order valence-corrected chi connectivity index (χ1v) is 11.6. The third kappa shape index (κ3) is 4.37. The molecule has 0 atom stereocenters. The number of hydrogen-bond donors (Lipinski definition) is 0. The fourth-order valence-corrected chi connectivity index (χ4v) is 5.01. The van der Waals surface area contributed by atoms with Crippen molar-refractivity contribution < 1.29 is 14.4 Å². The number of rotatable bonds is 8. The minimum atomic E-state index is -0.267. The third-order valence-corrected chi connectivity index (χ3v) is 6.83. The molecule has 0 bridgehead atoms. The molecule has 154 valence electrons. The van der Waals surface area contributed by atoms with Gasteiger partial charge in [-0.05, 0) is 48.4 Å². The largest absolute Gasteiger partial charge is 0.332 e. The third-order valence-electron chi connectivity index (χ3n) is 5.10. The van der Waals surface area contributed by atoms with E-state index in [0.29, 0.717) is 37.1 Å². The second-order valence-corrected chi connectivity index (χ2v) is 9.39. The van der Waals surface area contributed by atoms with Crippen LogP contribution >= 0.6 is 22.7 Å². The number of fused-ring (bicyclic) bond motifs is 1. The summed E-state index contributed by atoms with van der Waals surface area (Å²) < 4.78 is 0. The summed E-state index contributed by atoms with van der Waals surface area (Å²) in [7, 11) is 0. The molecule has 0 spiro atoms. The smallest absolute Gasteiger partial charge is 0.261 e. The lowest BCUT2D eigenvalue weighted by atomic mass is 10.1. The fraction of sp³-hybridized carbons (Fsp3) is 0.261. The number of amides is 3. The van der Waals surface area contributed by atoms with Crippen LogP contribution in [0.1, 0.15) is 48.9 Å². The molecule has 1 aliphatic heterocycles. The van der Waals surface area contributed by atoms with Crippen LogP contribution in [0.15, 0.2) is 53.2 Å². The second kappa shape index (κ2) is 8.93. The van der Waals surface area contributed by atoms with Crippen LogP contribution < -0.4 is 0 Å². The molecule has 0 N–H and O–H groups in total. The van der Waals surface area contributed by atoms with Crippen molar-refractivity contribution in [3.05, 3.63) is 79.7 Å². The molecule has 3 amide bonds. The molecular weight excluding hydrogens is 416 g/mol. The highest BCUT2D eigenvalue weighted by Crippen LogP contribution is 2.24. The van der Waals surface area contributed by atoms with Gasteiger partial charge in [0.25, 0.3) is 11.8 Å². The number of thiophene rings is 2. The Morgan fingerprint density at radius 3 is 2.17 bits per heavy atom. The van der Waals surface area contributed by atoms with Gasteiger partial charge in [-0.25, -0.2) is 0 Å². The lowest BCUT2D eigenvalue weighted by Gasteiger charge is -2.22. The topological polar surface area (TPSA) is 57.7 Å². The maximum absolute atomic E-state index is 12.9. The zero-order chi connectivity index (χ0) is 21.1. The highest BCUT2D eigenvalue weighted by atomic mass is 32.1. The van der Waals surface area contributed by atoms with Gasteiger partial charge >= 0.3 is 0 Å². The molecule has 0 radical (unpaired) electrons. The van der Waals surface area contributed by atoms with E-state index < -0.39 is 0 Å². The number of aryl methyl sites for hydroxylation is 1. The lowest BCUT2D eigenvalue weighted by Crippen LogP contribution is -2.33. The molecule has 2 aromatic heterocycles. The van der Waals surface area contributed by atoms with E-state index in [1.165, 1.54) is 4.90 Å². The maximum atomic E-state index is 12.9. The first kappa shape index (κ1) is 20.5. The minimum absolute atomic E-state index is 0.0317. The molecule has 7 heteroatoms. The van der Waals surface area contributed by atoms with Crippen LogP contribution in [0.25, 0.3) is 0 Å². The Kier molecular flexibility index (Phi) is 6.11. The molecule has 0 aliphatic carbocycles. The molecule has 3 heterocycles. The Hall–Kier alpha value is -2.77.